The Balaban J connectivity index is 1.47. The Hall–Kier alpha value is -2.25. The molecule has 0 aromatic heterocycles. The van der Waals surface area contributed by atoms with Crippen molar-refractivity contribution in [3.8, 4) is 0 Å². The molecular formula is C23H29FN2O3S. The smallest absolute Gasteiger partial charge is 0.243 e. The van der Waals surface area contributed by atoms with Gasteiger partial charge in [-0.15, -0.1) is 0 Å². The summed E-state index contributed by atoms with van der Waals surface area (Å²) in [5.41, 5.74) is 1.49. The lowest BCUT2D eigenvalue weighted by Crippen LogP contribution is -2.31. The van der Waals surface area contributed by atoms with E-state index < -0.39 is 10.0 Å². The normalized spacial score (nSPS) is 15.5. The lowest BCUT2D eigenvalue weighted by Gasteiger charge is -2.20. The van der Waals surface area contributed by atoms with Crippen molar-refractivity contribution >= 4 is 15.9 Å². The van der Waals surface area contributed by atoms with Gasteiger partial charge in [0.1, 0.15) is 5.82 Å². The van der Waals surface area contributed by atoms with E-state index in [1.54, 1.807) is 46.8 Å². The van der Waals surface area contributed by atoms with Crippen LogP contribution < -0.4 is 5.32 Å². The molecule has 162 valence electrons. The van der Waals surface area contributed by atoms with Crippen LogP contribution in [-0.4, -0.2) is 38.3 Å². The third-order valence-electron chi connectivity index (χ3n) is 5.44. The van der Waals surface area contributed by atoms with Gasteiger partial charge in [0.15, 0.2) is 0 Å². The lowest BCUT2D eigenvalue weighted by atomic mass is 10.1. The number of sulfonamides is 1. The molecule has 0 aliphatic carbocycles. The first-order valence-corrected chi connectivity index (χ1v) is 12.0. The Morgan fingerprint density at radius 2 is 1.60 bits per heavy atom. The van der Waals surface area contributed by atoms with Gasteiger partial charge in [0.25, 0.3) is 0 Å². The average molecular weight is 433 g/mol. The number of aryl methyl sites for hydroxylation is 1. The average Bonchev–Trinajstić information content (AvgIpc) is 3.04. The molecule has 1 saturated heterocycles. The molecule has 0 radical (unpaired) electrons. The molecule has 0 saturated carbocycles. The van der Waals surface area contributed by atoms with Gasteiger partial charge in [-0.3, -0.25) is 4.79 Å². The Morgan fingerprint density at radius 3 is 2.27 bits per heavy atom. The molecule has 2 aromatic carbocycles. The van der Waals surface area contributed by atoms with Crippen molar-refractivity contribution in [2.24, 2.45) is 0 Å². The van der Waals surface area contributed by atoms with Crippen molar-refractivity contribution in [1.82, 2.24) is 9.62 Å². The van der Waals surface area contributed by atoms with Gasteiger partial charge in [-0.05, 0) is 55.0 Å². The summed E-state index contributed by atoms with van der Waals surface area (Å²) in [7, 11) is -3.45. The van der Waals surface area contributed by atoms with Gasteiger partial charge in [-0.1, -0.05) is 43.2 Å². The standard InChI is InChI=1S/C23H29FN2O3S/c24-22-8-4-3-7-20(22)15-16-25-23(27)14-11-19-9-12-21(13-10-19)30(28,29)26-17-5-1-2-6-18-26/h3-4,7-10,12-13H,1-2,5-6,11,14-18H2,(H,25,27). The molecule has 1 amide bonds. The molecule has 1 N–H and O–H groups in total. The van der Waals surface area contributed by atoms with E-state index in [0.29, 0.717) is 49.4 Å². The number of nitrogens with zero attached hydrogens (tertiary/aromatic N) is 1. The molecule has 0 atom stereocenters. The van der Waals surface area contributed by atoms with Crippen molar-refractivity contribution in [3.63, 3.8) is 0 Å². The third-order valence-corrected chi connectivity index (χ3v) is 7.35. The molecule has 7 heteroatoms. The van der Waals surface area contributed by atoms with Gasteiger partial charge < -0.3 is 5.32 Å². The third kappa shape index (κ3) is 6.12. The van der Waals surface area contributed by atoms with Gasteiger partial charge in [-0.2, -0.15) is 4.31 Å². The Kier molecular flexibility index (Phi) is 7.99. The molecule has 2 aromatic rings. The minimum absolute atomic E-state index is 0.104. The van der Waals surface area contributed by atoms with Crippen LogP contribution in [0.2, 0.25) is 0 Å². The number of hydrogen-bond donors (Lipinski definition) is 1. The quantitative estimate of drug-likeness (QED) is 0.692. The van der Waals surface area contributed by atoms with Gasteiger partial charge >= 0.3 is 0 Å². The second kappa shape index (κ2) is 10.7. The summed E-state index contributed by atoms with van der Waals surface area (Å²) in [6.07, 6.45) is 5.24. The van der Waals surface area contributed by atoms with E-state index in [4.69, 9.17) is 0 Å². The van der Waals surface area contributed by atoms with Crippen LogP contribution in [0.15, 0.2) is 53.4 Å². The first-order valence-electron chi connectivity index (χ1n) is 10.6. The predicted octanol–water partition coefficient (Wildman–Crippen LogP) is 3.68. The van der Waals surface area contributed by atoms with E-state index in [1.165, 1.54) is 6.07 Å². The van der Waals surface area contributed by atoms with Crippen LogP contribution >= 0.6 is 0 Å². The number of halogens is 1. The molecule has 0 spiro atoms. The molecule has 1 aliphatic heterocycles. The minimum atomic E-state index is -3.45. The zero-order valence-electron chi connectivity index (χ0n) is 17.1. The summed E-state index contributed by atoms with van der Waals surface area (Å²) in [6, 6.07) is 13.3. The molecule has 1 heterocycles. The number of rotatable bonds is 8. The molecular weight excluding hydrogens is 403 g/mol. The van der Waals surface area contributed by atoms with Crippen LogP contribution in [0.25, 0.3) is 0 Å². The van der Waals surface area contributed by atoms with Crippen molar-refractivity contribution in [2.75, 3.05) is 19.6 Å². The molecule has 1 fully saturated rings. The summed E-state index contributed by atoms with van der Waals surface area (Å²) in [5.74, 6) is -0.366. The largest absolute Gasteiger partial charge is 0.356 e. The number of nitrogens with one attached hydrogen (secondary N) is 1. The maximum absolute atomic E-state index is 13.6. The number of carbonyl (C=O) groups excluding carboxylic acids is 1. The first-order chi connectivity index (χ1) is 14.5. The van der Waals surface area contributed by atoms with E-state index in [9.17, 15) is 17.6 Å². The van der Waals surface area contributed by atoms with Gasteiger partial charge in [0.05, 0.1) is 4.90 Å². The summed E-state index contributed by atoms with van der Waals surface area (Å²) < 4.78 is 40.8. The Morgan fingerprint density at radius 1 is 0.933 bits per heavy atom. The fraction of sp³-hybridized carbons (Fsp3) is 0.435. The highest BCUT2D eigenvalue weighted by Gasteiger charge is 2.24. The molecule has 0 bridgehead atoms. The van der Waals surface area contributed by atoms with Gasteiger partial charge in [0.2, 0.25) is 15.9 Å². The van der Waals surface area contributed by atoms with Crippen LogP contribution in [-0.2, 0) is 27.7 Å². The number of amides is 1. The van der Waals surface area contributed by atoms with Crippen LogP contribution in [0, 0.1) is 5.82 Å². The highest BCUT2D eigenvalue weighted by atomic mass is 32.2. The molecule has 3 rings (SSSR count). The second-order valence-corrected chi connectivity index (χ2v) is 9.59. The highest BCUT2D eigenvalue weighted by molar-refractivity contribution is 7.89. The van der Waals surface area contributed by atoms with Crippen molar-refractivity contribution in [2.45, 2.75) is 49.8 Å². The second-order valence-electron chi connectivity index (χ2n) is 7.65. The van der Waals surface area contributed by atoms with Crippen LogP contribution in [0.5, 0.6) is 0 Å². The fourth-order valence-corrected chi connectivity index (χ4v) is 5.16. The van der Waals surface area contributed by atoms with E-state index in [0.717, 1.165) is 31.2 Å². The topological polar surface area (TPSA) is 66.5 Å². The van der Waals surface area contributed by atoms with Crippen molar-refractivity contribution < 1.29 is 17.6 Å². The fourth-order valence-electron chi connectivity index (χ4n) is 3.64. The van der Waals surface area contributed by atoms with Crippen LogP contribution in [0.4, 0.5) is 4.39 Å². The Labute approximate surface area is 178 Å². The first kappa shape index (κ1) is 22.4. The van der Waals surface area contributed by atoms with Gasteiger partial charge in [-0.25, -0.2) is 12.8 Å². The summed E-state index contributed by atoms with van der Waals surface area (Å²) in [5, 5.41) is 2.81. The molecule has 5 nitrogen and oxygen atoms in total. The van der Waals surface area contributed by atoms with E-state index in [-0.39, 0.29) is 11.7 Å². The van der Waals surface area contributed by atoms with Crippen molar-refractivity contribution in [3.05, 3.63) is 65.5 Å². The lowest BCUT2D eigenvalue weighted by molar-refractivity contribution is -0.121. The van der Waals surface area contributed by atoms with E-state index >= 15 is 0 Å². The zero-order valence-corrected chi connectivity index (χ0v) is 18.0. The van der Waals surface area contributed by atoms with Crippen LogP contribution in [0.1, 0.15) is 43.2 Å². The molecule has 0 unspecified atom stereocenters. The molecule has 1 aliphatic rings. The van der Waals surface area contributed by atoms with E-state index in [1.807, 2.05) is 0 Å². The van der Waals surface area contributed by atoms with Gasteiger partial charge in [0, 0.05) is 26.1 Å². The van der Waals surface area contributed by atoms with Crippen LogP contribution in [0.3, 0.4) is 0 Å². The summed E-state index contributed by atoms with van der Waals surface area (Å²) >= 11 is 0. The SMILES string of the molecule is O=C(CCc1ccc(S(=O)(=O)N2CCCCCC2)cc1)NCCc1ccccc1F. The highest BCUT2D eigenvalue weighted by Crippen LogP contribution is 2.21. The minimum Gasteiger partial charge on any atom is -0.356 e. The van der Waals surface area contributed by atoms with E-state index in [2.05, 4.69) is 5.32 Å². The maximum atomic E-state index is 13.6. The predicted molar refractivity (Wildman–Crippen MR) is 115 cm³/mol. The summed E-state index contributed by atoms with van der Waals surface area (Å²) in [6.45, 7) is 1.54. The summed E-state index contributed by atoms with van der Waals surface area (Å²) in [4.78, 5) is 12.4. The number of carbonyl (C=O) groups is 1. The number of hydrogen-bond acceptors (Lipinski definition) is 3. The van der Waals surface area contributed by atoms with Crippen molar-refractivity contribution in [1.29, 1.82) is 0 Å². The monoisotopic (exact) mass is 432 g/mol. The number of benzene rings is 2. The molecule has 30 heavy (non-hydrogen) atoms. The maximum Gasteiger partial charge on any atom is 0.243 e. The Bertz CT molecular complexity index is 937. The zero-order chi connectivity index (χ0) is 21.4.